The van der Waals surface area contributed by atoms with E-state index in [1.807, 2.05) is 13.8 Å². The fourth-order valence-corrected chi connectivity index (χ4v) is 2.25. The molecule has 0 bridgehead atoms. The first-order valence-corrected chi connectivity index (χ1v) is 6.82. The molecule has 0 fully saturated rings. The van der Waals surface area contributed by atoms with Crippen LogP contribution in [0.5, 0.6) is 0 Å². The zero-order valence-corrected chi connectivity index (χ0v) is 12.0. The number of amides is 2. The molecule has 0 aromatic heterocycles. The van der Waals surface area contributed by atoms with Gasteiger partial charge < -0.3 is 15.7 Å². The lowest BCUT2D eigenvalue weighted by Crippen LogP contribution is -2.40. The summed E-state index contributed by atoms with van der Waals surface area (Å²) in [6.45, 7) is 3.72. The normalized spacial score (nSPS) is 14.5. The van der Waals surface area contributed by atoms with Crippen molar-refractivity contribution in [1.82, 2.24) is 5.32 Å². The number of fused-ring (bicyclic) bond motifs is 1. The Balaban J connectivity index is 2.11. The predicted octanol–water partition coefficient (Wildman–Crippen LogP) is 1.41. The van der Waals surface area contributed by atoms with Crippen molar-refractivity contribution in [2.45, 2.75) is 32.7 Å². The molecule has 0 saturated heterocycles. The van der Waals surface area contributed by atoms with E-state index in [1.54, 1.807) is 18.2 Å². The van der Waals surface area contributed by atoms with Crippen molar-refractivity contribution in [2.75, 3.05) is 5.32 Å². The summed E-state index contributed by atoms with van der Waals surface area (Å²) in [5, 5.41) is 14.3. The number of rotatable bonds is 5. The quantitative estimate of drug-likeness (QED) is 0.764. The van der Waals surface area contributed by atoms with Crippen LogP contribution in [0.1, 0.15) is 36.2 Å². The number of anilines is 1. The van der Waals surface area contributed by atoms with Crippen LogP contribution in [0.3, 0.4) is 0 Å². The van der Waals surface area contributed by atoms with E-state index in [1.165, 1.54) is 0 Å². The van der Waals surface area contributed by atoms with Crippen molar-refractivity contribution in [1.29, 1.82) is 0 Å². The molecule has 21 heavy (non-hydrogen) atoms. The van der Waals surface area contributed by atoms with Crippen LogP contribution in [0.2, 0.25) is 0 Å². The van der Waals surface area contributed by atoms with Crippen molar-refractivity contribution < 1.29 is 19.5 Å². The van der Waals surface area contributed by atoms with Gasteiger partial charge in [0, 0.05) is 17.3 Å². The third-order valence-electron chi connectivity index (χ3n) is 3.51. The first kappa shape index (κ1) is 15.0. The highest BCUT2D eigenvalue weighted by molar-refractivity contribution is 6.02. The van der Waals surface area contributed by atoms with Gasteiger partial charge in [-0.1, -0.05) is 19.9 Å². The molecule has 1 aliphatic heterocycles. The Labute approximate surface area is 122 Å². The second kappa shape index (κ2) is 5.95. The number of carbonyl (C=O) groups excluding carboxylic acids is 2. The Morgan fingerprint density at radius 1 is 1.38 bits per heavy atom. The van der Waals surface area contributed by atoms with Crippen LogP contribution < -0.4 is 10.6 Å². The summed E-state index contributed by atoms with van der Waals surface area (Å²) in [7, 11) is 0. The maximum absolute atomic E-state index is 12.2. The zero-order valence-electron chi connectivity index (χ0n) is 12.0. The minimum absolute atomic E-state index is 0.0131. The van der Waals surface area contributed by atoms with Gasteiger partial charge in [0.1, 0.15) is 0 Å². The Morgan fingerprint density at radius 3 is 2.71 bits per heavy atom. The number of hydrogen-bond acceptors (Lipinski definition) is 3. The van der Waals surface area contributed by atoms with Gasteiger partial charge in [0.2, 0.25) is 5.91 Å². The summed E-state index contributed by atoms with van der Waals surface area (Å²) in [5.74, 6) is -1.36. The molecule has 1 atom stereocenters. The lowest BCUT2D eigenvalue weighted by Gasteiger charge is -2.20. The van der Waals surface area contributed by atoms with Crippen LogP contribution in [0.4, 0.5) is 5.69 Å². The highest BCUT2D eigenvalue weighted by Crippen LogP contribution is 2.24. The molecule has 2 amide bonds. The van der Waals surface area contributed by atoms with Gasteiger partial charge in [-0.15, -0.1) is 0 Å². The molecule has 1 aromatic carbocycles. The number of benzene rings is 1. The molecule has 6 heteroatoms. The summed E-state index contributed by atoms with van der Waals surface area (Å²) in [4.78, 5) is 34.3. The molecule has 112 valence electrons. The lowest BCUT2D eigenvalue weighted by atomic mass is 10.00. The average molecular weight is 290 g/mol. The Morgan fingerprint density at radius 2 is 2.10 bits per heavy atom. The molecule has 2 rings (SSSR count). The fraction of sp³-hybridized carbons (Fsp3) is 0.400. The second-order valence-corrected chi connectivity index (χ2v) is 5.52. The summed E-state index contributed by atoms with van der Waals surface area (Å²) in [5.41, 5.74) is 1.92. The molecular formula is C15H18N2O4. The third-order valence-corrected chi connectivity index (χ3v) is 3.51. The average Bonchev–Trinajstić information content (AvgIpc) is 2.76. The summed E-state index contributed by atoms with van der Waals surface area (Å²) in [6.07, 6.45) is 0.204. The Bertz CT molecular complexity index is 595. The predicted molar refractivity (Wildman–Crippen MR) is 77.1 cm³/mol. The van der Waals surface area contributed by atoms with Crippen molar-refractivity contribution in [3.8, 4) is 0 Å². The first-order chi connectivity index (χ1) is 9.86. The zero-order chi connectivity index (χ0) is 15.6. The van der Waals surface area contributed by atoms with Gasteiger partial charge in [0.15, 0.2) is 0 Å². The number of hydrogen-bond donors (Lipinski definition) is 3. The van der Waals surface area contributed by atoms with E-state index in [-0.39, 0.29) is 24.2 Å². The highest BCUT2D eigenvalue weighted by Gasteiger charge is 2.22. The lowest BCUT2D eigenvalue weighted by molar-refractivity contribution is -0.137. The van der Waals surface area contributed by atoms with Crippen molar-refractivity contribution >= 4 is 23.5 Å². The second-order valence-electron chi connectivity index (χ2n) is 5.52. The maximum atomic E-state index is 12.2. The molecule has 0 aliphatic carbocycles. The number of carboxylic acid groups (broad SMARTS) is 1. The minimum Gasteiger partial charge on any atom is -0.481 e. The standard InChI is InChI=1S/C15H18N2O4/c1-8(2)11(7-14(19)20)17-15(21)10-4-3-9-6-13(18)16-12(9)5-10/h3-5,8,11H,6-7H2,1-2H3,(H,16,18)(H,17,21)(H,19,20). The van der Waals surface area contributed by atoms with E-state index in [9.17, 15) is 14.4 Å². The molecule has 0 radical (unpaired) electrons. The van der Waals surface area contributed by atoms with Crippen molar-refractivity contribution in [2.24, 2.45) is 5.92 Å². The summed E-state index contributed by atoms with van der Waals surface area (Å²) < 4.78 is 0. The smallest absolute Gasteiger partial charge is 0.305 e. The molecule has 1 aromatic rings. The SMILES string of the molecule is CC(C)C(CC(=O)O)NC(=O)c1ccc2c(c1)NC(=O)C2. The molecule has 1 aliphatic rings. The van der Waals surface area contributed by atoms with Crippen LogP contribution >= 0.6 is 0 Å². The molecule has 6 nitrogen and oxygen atoms in total. The van der Waals surface area contributed by atoms with Gasteiger partial charge in [0.25, 0.3) is 5.91 Å². The van der Waals surface area contributed by atoms with E-state index < -0.39 is 12.0 Å². The molecule has 0 saturated carbocycles. The molecular weight excluding hydrogens is 272 g/mol. The van der Waals surface area contributed by atoms with Gasteiger partial charge >= 0.3 is 5.97 Å². The van der Waals surface area contributed by atoms with Crippen molar-refractivity contribution in [3.05, 3.63) is 29.3 Å². The van der Waals surface area contributed by atoms with E-state index in [2.05, 4.69) is 10.6 Å². The van der Waals surface area contributed by atoms with E-state index in [4.69, 9.17) is 5.11 Å². The Hall–Kier alpha value is -2.37. The number of carbonyl (C=O) groups is 3. The van der Waals surface area contributed by atoms with E-state index in [0.717, 1.165) is 5.56 Å². The van der Waals surface area contributed by atoms with Crippen molar-refractivity contribution in [3.63, 3.8) is 0 Å². The number of aliphatic carboxylic acids is 1. The Kier molecular flexibility index (Phi) is 4.26. The largest absolute Gasteiger partial charge is 0.481 e. The van der Waals surface area contributed by atoms with Crippen LogP contribution in [0.15, 0.2) is 18.2 Å². The van der Waals surface area contributed by atoms with Crippen LogP contribution in [-0.2, 0) is 16.0 Å². The van der Waals surface area contributed by atoms with Crippen LogP contribution in [0, 0.1) is 5.92 Å². The van der Waals surface area contributed by atoms with Gasteiger partial charge in [-0.05, 0) is 23.6 Å². The number of carboxylic acids is 1. The summed E-state index contributed by atoms with van der Waals surface area (Å²) in [6, 6.07) is 4.57. The number of nitrogens with one attached hydrogen (secondary N) is 2. The monoisotopic (exact) mass is 290 g/mol. The summed E-state index contributed by atoms with van der Waals surface area (Å²) >= 11 is 0. The first-order valence-electron chi connectivity index (χ1n) is 6.82. The maximum Gasteiger partial charge on any atom is 0.305 e. The fourth-order valence-electron chi connectivity index (χ4n) is 2.25. The van der Waals surface area contributed by atoms with Gasteiger partial charge in [-0.2, -0.15) is 0 Å². The molecule has 1 unspecified atom stereocenters. The van der Waals surface area contributed by atoms with Gasteiger partial charge in [-0.3, -0.25) is 14.4 Å². The van der Waals surface area contributed by atoms with Gasteiger partial charge in [-0.25, -0.2) is 0 Å². The van der Waals surface area contributed by atoms with Gasteiger partial charge in [0.05, 0.1) is 12.8 Å². The topological polar surface area (TPSA) is 95.5 Å². The molecule has 3 N–H and O–H groups in total. The minimum atomic E-state index is -0.949. The highest BCUT2D eigenvalue weighted by atomic mass is 16.4. The van der Waals surface area contributed by atoms with Crippen LogP contribution in [-0.4, -0.2) is 28.9 Å². The van der Waals surface area contributed by atoms with E-state index in [0.29, 0.717) is 17.7 Å². The van der Waals surface area contributed by atoms with Crippen LogP contribution in [0.25, 0.3) is 0 Å². The molecule has 0 spiro atoms. The molecule has 1 heterocycles. The van der Waals surface area contributed by atoms with E-state index >= 15 is 0 Å². The third kappa shape index (κ3) is 3.59.